The van der Waals surface area contributed by atoms with E-state index < -0.39 is 54.4 Å². The Morgan fingerprint density at radius 2 is 1.70 bits per heavy atom. The standard InChI is InChI=1S/C18H32N2O9S/c1-11(22)27-8-14(28-12(2)23)10-30-9-13(6-19-15(7-21)16(24)25)20-17(26)29-18(3,4)5/h13-15,19,21H,6-10H2,1-5H3,(H,20,26)(H,24,25)/t13-,14-,15+/m1/s1. The van der Waals surface area contributed by atoms with Crippen molar-refractivity contribution in [3.05, 3.63) is 0 Å². The van der Waals surface area contributed by atoms with Crippen LogP contribution in [0.4, 0.5) is 4.79 Å². The van der Waals surface area contributed by atoms with Gasteiger partial charge in [0, 0.05) is 31.9 Å². The van der Waals surface area contributed by atoms with E-state index in [1.165, 1.54) is 25.6 Å². The maximum atomic E-state index is 12.1. The van der Waals surface area contributed by atoms with Gasteiger partial charge in [-0.15, -0.1) is 0 Å². The molecule has 0 heterocycles. The molecule has 1 amide bonds. The van der Waals surface area contributed by atoms with Crippen LogP contribution < -0.4 is 10.6 Å². The van der Waals surface area contributed by atoms with Crippen molar-refractivity contribution in [2.75, 3.05) is 31.3 Å². The number of hydrogen-bond donors (Lipinski definition) is 4. The van der Waals surface area contributed by atoms with E-state index in [4.69, 9.17) is 24.4 Å². The second-order valence-corrected chi connectivity index (χ2v) is 8.47. The number of alkyl carbamates (subject to hydrolysis) is 1. The Balaban J connectivity index is 4.89. The van der Waals surface area contributed by atoms with Crippen LogP contribution in [0.1, 0.15) is 34.6 Å². The summed E-state index contributed by atoms with van der Waals surface area (Å²) < 4.78 is 15.2. The molecule has 0 aliphatic rings. The van der Waals surface area contributed by atoms with Gasteiger partial charge < -0.3 is 35.1 Å². The van der Waals surface area contributed by atoms with E-state index in [2.05, 4.69) is 10.6 Å². The number of carbonyl (C=O) groups is 4. The lowest BCUT2D eigenvalue weighted by molar-refractivity contribution is -0.154. The van der Waals surface area contributed by atoms with Gasteiger partial charge in [-0.05, 0) is 20.8 Å². The number of aliphatic hydroxyl groups is 1. The molecule has 0 saturated heterocycles. The first-order valence-corrected chi connectivity index (χ1v) is 10.4. The lowest BCUT2D eigenvalue weighted by Crippen LogP contribution is -2.50. The average molecular weight is 453 g/mol. The fraction of sp³-hybridized carbons (Fsp3) is 0.778. The summed E-state index contributed by atoms with van der Waals surface area (Å²) in [7, 11) is 0. The molecule has 0 radical (unpaired) electrons. The quantitative estimate of drug-likeness (QED) is 0.222. The number of nitrogens with one attached hydrogen (secondary N) is 2. The minimum atomic E-state index is -1.22. The zero-order valence-corrected chi connectivity index (χ0v) is 18.7. The molecule has 0 fully saturated rings. The summed E-state index contributed by atoms with van der Waals surface area (Å²) in [5, 5.41) is 23.5. The van der Waals surface area contributed by atoms with Crippen molar-refractivity contribution in [3.8, 4) is 0 Å². The highest BCUT2D eigenvalue weighted by Gasteiger charge is 2.23. The van der Waals surface area contributed by atoms with Gasteiger partial charge in [0.05, 0.1) is 12.6 Å². The third-order valence-electron chi connectivity index (χ3n) is 3.24. The van der Waals surface area contributed by atoms with Gasteiger partial charge in [-0.2, -0.15) is 11.8 Å². The molecule has 0 aliphatic heterocycles. The Kier molecular flexibility index (Phi) is 13.1. The lowest BCUT2D eigenvalue weighted by Gasteiger charge is -2.25. The number of hydrogen-bond acceptors (Lipinski definition) is 10. The molecule has 12 heteroatoms. The number of esters is 2. The van der Waals surface area contributed by atoms with E-state index in [1.807, 2.05) is 0 Å². The molecule has 11 nitrogen and oxygen atoms in total. The molecular formula is C18H32N2O9S. The Hall–Kier alpha value is -2.05. The minimum absolute atomic E-state index is 0.0476. The summed E-state index contributed by atoms with van der Waals surface area (Å²) in [5.74, 6) is -1.67. The maximum absolute atomic E-state index is 12.1. The summed E-state index contributed by atoms with van der Waals surface area (Å²) >= 11 is 1.30. The van der Waals surface area contributed by atoms with Gasteiger partial charge in [0.25, 0.3) is 0 Å². The van der Waals surface area contributed by atoms with Gasteiger partial charge in [-0.1, -0.05) is 0 Å². The van der Waals surface area contributed by atoms with E-state index in [0.717, 1.165) is 0 Å². The first-order chi connectivity index (χ1) is 13.8. The van der Waals surface area contributed by atoms with E-state index in [9.17, 15) is 19.2 Å². The smallest absolute Gasteiger partial charge is 0.407 e. The van der Waals surface area contributed by atoms with Gasteiger partial charge in [0.1, 0.15) is 24.4 Å². The highest BCUT2D eigenvalue weighted by Crippen LogP contribution is 2.11. The molecule has 0 unspecified atom stereocenters. The minimum Gasteiger partial charge on any atom is -0.480 e. The number of thioether (sulfide) groups is 1. The molecule has 174 valence electrons. The third-order valence-corrected chi connectivity index (χ3v) is 4.49. The van der Waals surface area contributed by atoms with E-state index in [1.54, 1.807) is 20.8 Å². The number of rotatable bonds is 13. The second kappa shape index (κ2) is 14.0. The van der Waals surface area contributed by atoms with Gasteiger partial charge in [0.15, 0.2) is 0 Å². The summed E-state index contributed by atoms with van der Waals surface area (Å²) in [5.41, 5.74) is -0.714. The first kappa shape index (κ1) is 27.9. The van der Waals surface area contributed by atoms with Crippen LogP contribution in [0.3, 0.4) is 0 Å². The molecule has 0 aromatic rings. The predicted octanol–water partition coefficient (Wildman–Crippen LogP) is 0.143. The van der Waals surface area contributed by atoms with Gasteiger partial charge in [-0.3, -0.25) is 14.4 Å². The maximum Gasteiger partial charge on any atom is 0.407 e. The number of amides is 1. The highest BCUT2D eigenvalue weighted by atomic mass is 32.2. The van der Waals surface area contributed by atoms with E-state index >= 15 is 0 Å². The van der Waals surface area contributed by atoms with Crippen LogP contribution in [0.2, 0.25) is 0 Å². The first-order valence-electron chi connectivity index (χ1n) is 9.29. The Labute approximate surface area is 180 Å². The Morgan fingerprint density at radius 3 is 2.17 bits per heavy atom. The molecule has 3 atom stereocenters. The van der Waals surface area contributed by atoms with Crippen LogP contribution in [-0.2, 0) is 28.6 Å². The fourth-order valence-corrected chi connectivity index (χ4v) is 3.09. The van der Waals surface area contributed by atoms with Gasteiger partial charge in [0.2, 0.25) is 0 Å². The Morgan fingerprint density at radius 1 is 1.07 bits per heavy atom. The zero-order chi connectivity index (χ0) is 23.3. The van der Waals surface area contributed by atoms with Crippen LogP contribution in [0.5, 0.6) is 0 Å². The molecule has 30 heavy (non-hydrogen) atoms. The molecule has 0 spiro atoms. The van der Waals surface area contributed by atoms with Gasteiger partial charge in [-0.25, -0.2) is 4.79 Å². The van der Waals surface area contributed by atoms with Crippen molar-refractivity contribution in [3.63, 3.8) is 0 Å². The van der Waals surface area contributed by atoms with Crippen LogP contribution in [0.15, 0.2) is 0 Å². The predicted molar refractivity (Wildman–Crippen MR) is 109 cm³/mol. The second-order valence-electron chi connectivity index (χ2n) is 7.40. The third kappa shape index (κ3) is 14.9. The topological polar surface area (TPSA) is 160 Å². The van der Waals surface area contributed by atoms with E-state index in [-0.39, 0.29) is 18.9 Å². The summed E-state index contributed by atoms with van der Waals surface area (Å²) in [4.78, 5) is 45.3. The Bertz CT molecular complexity index is 580. The molecule has 0 saturated carbocycles. The lowest BCUT2D eigenvalue weighted by atomic mass is 10.2. The zero-order valence-electron chi connectivity index (χ0n) is 17.9. The molecule has 0 aromatic heterocycles. The monoisotopic (exact) mass is 452 g/mol. The summed E-state index contributed by atoms with van der Waals surface area (Å²) in [6, 6.07) is -1.74. The van der Waals surface area contributed by atoms with Crippen LogP contribution in [0.25, 0.3) is 0 Å². The average Bonchev–Trinajstić information content (AvgIpc) is 2.57. The van der Waals surface area contributed by atoms with Crippen molar-refractivity contribution in [2.24, 2.45) is 0 Å². The van der Waals surface area contributed by atoms with E-state index in [0.29, 0.717) is 5.75 Å². The number of aliphatic hydroxyl groups excluding tert-OH is 1. The summed E-state index contributed by atoms with van der Waals surface area (Å²) in [6.45, 7) is 6.94. The normalized spacial score (nSPS) is 14.2. The SMILES string of the molecule is CC(=O)OC[C@H](CSC[C@@H](CN[C@@H](CO)C(=O)O)NC(=O)OC(C)(C)C)OC(C)=O. The summed E-state index contributed by atoms with van der Waals surface area (Å²) in [6.07, 6.45) is -1.35. The molecule has 0 rings (SSSR count). The number of carbonyl (C=O) groups excluding carboxylic acids is 3. The van der Waals surface area contributed by atoms with Gasteiger partial charge >= 0.3 is 24.0 Å². The van der Waals surface area contributed by atoms with Crippen LogP contribution in [0, 0.1) is 0 Å². The molecule has 0 bridgehead atoms. The number of carboxylic acids is 1. The van der Waals surface area contributed by atoms with Crippen molar-refractivity contribution in [1.29, 1.82) is 0 Å². The van der Waals surface area contributed by atoms with Crippen LogP contribution >= 0.6 is 11.8 Å². The van der Waals surface area contributed by atoms with Crippen molar-refractivity contribution in [2.45, 2.75) is 58.4 Å². The van der Waals surface area contributed by atoms with Crippen molar-refractivity contribution in [1.82, 2.24) is 10.6 Å². The number of carboxylic acid groups (broad SMARTS) is 1. The van der Waals surface area contributed by atoms with Crippen molar-refractivity contribution < 1.29 is 43.6 Å². The number of aliphatic carboxylic acids is 1. The highest BCUT2D eigenvalue weighted by molar-refractivity contribution is 7.99. The molecule has 0 aromatic carbocycles. The van der Waals surface area contributed by atoms with Crippen LogP contribution in [-0.4, -0.2) is 89.3 Å². The molecular weight excluding hydrogens is 420 g/mol. The fourth-order valence-electron chi connectivity index (χ4n) is 2.04. The largest absolute Gasteiger partial charge is 0.480 e. The molecule has 4 N–H and O–H groups in total. The van der Waals surface area contributed by atoms with Crippen molar-refractivity contribution >= 4 is 35.8 Å². The number of ether oxygens (including phenoxy) is 3. The molecule has 0 aliphatic carbocycles.